The van der Waals surface area contributed by atoms with Crippen LogP contribution in [0.15, 0.2) is 34.3 Å². The number of carbonyl (C=O) groups excluding carboxylic acids is 3. The molecule has 4 rings (SSSR count). The molecular weight excluding hydrogens is 630 g/mol. The number of alkyl carbamates (subject to hydrolysis) is 1. The molecule has 8 atom stereocenters. The van der Waals surface area contributed by atoms with E-state index >= 15 is 0 Å². The maximum absolute atomic E-state index is 13.8. The highest BCUT2D eigenvalue weighted by Gasteiger charge is 2.68. The average Bonchev–Trinajstić information content (AvgIpc) is 3.38. The molecule has 1 unspecified atom stereocenters. The van der Waals surface area contributed by atoms with Gasteiger partial charge in [0.1, 0.15) is 34.7 Å². The zero-order valence-electron chi connectivity index (χ0n) is 29.8. The minimum Gasteiger partial charge on any atom is -0.461 e. The van der Waals surface area contributed by atoms with E-state index in [1.165, 1.54) is 11.8 Å². The molecule has 11 nitrogen and oxygen atoms in total. The monoisotopic (exact) mass is 686 g/mol. The lowest BCUT2D eigenvalue weighted by Crippen LogP contribution is -2.64. The molecule has 0 aromatic heterocycles. The van der Waals surface area contributed by atoms with Gasteiger partial charge in [0.05, 0.1) is 11.9 Å². The number of amides is 1. The molecule has 0 heterocycles. The van der Waals surface area contributed by atoms with Gasteiger partial charge in [-0.1, -0.05) is 39.8 Å². The van der Waals surface area contributed by atoms with E-state index in [4.69, 9.17) is 15.0 Å². The van der Waals surface area contributed by atoms with E-state index in [0.29, 0.717) is 45.4 Å². The first kappa shape index (κ1) is 38.0. The van der Waals surface area contributed by atoms with Crippen LogP contribution in [0.4, 0.5) is 4.79 Å². The summed E-state index contributed by atoms with van der Waals surface area (Å²) in [6, 6.07) is 7.65. The topological polar surface area (TPSA) is 164 Å². The van der Waals surface area contributed by atoms with Crippen LogP contribution in [0.3, 0.4) is 0 Å². The van der Waals surface area contributed by atoms with Gasteiger partial charge in [-0.2, -0.15) is 0 Å². The van der Waals surface area contributed by atoms with Crippen molar-refractivity contribution in [3.8, 4) is 0 Å². The van der Waals surface area contributed by atoms with E-state index < -0.39 is 34.7 Å². The van der Waals surface area contributed by atoms with Gasteiger partial charge in [-0.05, 0) is 94.4 Å². The Morgan fingerprint density at radius 3 is 2.52 bits per heavy atom. The number of thioether (sulfide) groups is 1. The Morgan fingerprint density at radius 1 is 1.15 bits per heavy atom. The number of benzene rings is 1. The molecule has 266 valence electrons. The summed E-state index contributed by atoms with van der Waals surface area (Å²) in [5.41, 5.74) is 5.68. The summed E-state index contributed by atoms with van der Waals surface area (Å²) >= 11 is 1.39. The number of nitrogens with zero attached hydrogens (tertiary/aromatic N) is 2. The number of esters is 1. The molecule has 3 fully saturated rings. The largest absolute Gasteiger partial charge is 0.461 e. The lowest BCUT2D eigenvalue weighted by molar-refractivity contribution is -0.210. The lowest BCUT2D eigenvalue weighted by Gasteiger charge is -2.62. The quantitative estimate of drug-likeness (QED) is 0.0678. The van der Waals surface area contributed by atoms with Crippen molar-refractivity contribution < 1.29 is 29.0 Å². The molecular formula is C36H56N5O6S+. The molecule has 0 saturated heterocycles. The van der Waals surface area contributed by atoms with Crippen LogP contribution in [-0.4, -0.2) is 66.1 Å². The number of Topliss-reactive ketones (excluding diaryl/α,β-unsaturated/α-hetero) is 1. The molecule has 0 aliphatic heterocycles. The van der Waals surface area contributed by atoms with Crippen molar-refractivity contribution in [2.75, 3.05) is 25.4 Å². The maximum Gasteiger partial charge on any atom is 0.407 e. The van der Waals surface area contributed by atoms with Gasteiger partial charge in [0.15, 0.2) is 0 Å². The molecule has 3 saturated carbocycles. The van der Waals surface area contributed by atoms with Crippen molar-refractivity contribution in [2.45, 2.75) is 116 Å². The van der Waals surface area contributed by atoms with Crippen LogP contribution in [0, 0.1) is 39.5 Å². The van der Waals surface area contributed by atoms with Gasteiger partial charge < -0.3 is 25.2 Å². The Hall–Kier alpha value is -2.79. The minimum absolute atomic E-state index is 0.0980. The standard InChI is InChI=1S/C36H55N5O6S/c1-23-13-15-36-16-14-27(42)30(36)35(23,7)28(46-29(43)21-48-26-11-9-25(10-12-26)20-40-41-37)19-34(6,31(44)24(36)2)22-38-17-8-18-39-32(45)47-33(3,4)5/h9-12,23-24,28,30-31,37-38,44H,8,13-22H2,1-7H3/p+1/t23?,24-,28+,30-,31-,34+,35-,36-/m0/s1. The molecule has 12 heteroatoms. The Bertz CT molecular complexity index is 1360. The van der Waals surface area contributed by atoms with Crippen molar-refractivity contribution in [3.63, 3.8) is 0 Å². The third-order valence-electron chi connectivity index (χ3n) is 11.5. The van der Waals surface area contributed by atoms with Crippen molar-refractivity contribution in [1.82, 2.24) is 15.5 Å². The molecule has 0 radical (unpaired) electrons. The molecule has 1 aromatic carbocycles. The zero-order valence-corrected chi connectivity index (χ0v) is 30.6. The van der Waals surface area contributed by atoms with Gasteiger partial charge in [0.2, 0.25) is 4.91 Å². The number of hydrogen-bond acceptors (Lipinski definition) is 10. The predicted molar refractivity (Wildman–Crippen MR) is 184 cm³/mol. The summed E-state index contributed by atoms with van der Waals surface area (Å²) in [6.45, 7) is 16.0. The summed E-state index contributed by atoms with van der Waals surface area (Å²) in [5.74, 6) is -0.181. The highest BCUT2D eigenvalue weighted by atomic mass is 32.2. The third kappa shape index (κ3) is 8.32. The Labute approximate surface area is 289 Å². The van der Waals surface area contributed by atoms with Crippen molar-refractivity contribution >= 4 is 29.6 Å². The van der Waals surface area contributed by atoms with Gasteiger partial charge in [-0.15, -0.1) is 11.8 Å². The van der Waals surface area contributed by atoms with Gasteiger partial charge >= 0.3 is 12.1 Å². The molecule has 1 amide bonds. The molecule has 3 aliphatic rings. The number of ether oxygens (including phenoxy) is 2. The zero-order chi connectivity index (χ0) is 35.3. The summed E-state index contributed by atoms with van der Waals surface area (Å²) in [7, 11) is 0. The first-order valence-electron chi connectivity index (χ1n) is 17.4. The first-order chi connectivity index (χ1) is 22.6. The highest BCUT2D eigenvalue weighted by molar-refractivity contribution is 8.00. The number of nitrogens with one attached hydrogen (secondary N) is 3. The summed E-state index contributed by atoms with van der Waals surface area (Å²) < 4.78 is 11.8. The van der Waals surface area contributed by atoms with Crippen LogP contribution in [0.25, 0.3) is 0 Å². The lowest BCUT2D eigenvalue weighted by atomic mass is 9.44. The molecule has 4 N–H and O–H groups in total. The number of rotatable bonds is 12. The van der Waals surface area contributed by atoms with E-state index in [2.05, 4.69) is 48.4 Å². The fourth-order valence-corrected chi connectivity index (χ4v) is 9.45. The Balaban J connectivity index is 1.51. The van der Waals surface area contributed by atoms with Crippen molar-refractivity contribution in [3.05, 3.63) is 29.8 Å². The fourth-order valence-electron chi connectivity index (χ4n) is 8.77. The van der Waals surface area contributed by atoms with E-state index in [-0.39, 0.29) is 40.7 Å². The van der Waals surface area contributed by atoms with Gasteiger partial charge in [-0.3, -0.25) is 9.59 Å². The summed E-state index contributed by atoms with van der Waals surface area (Å²) in [6.07, 6.45) is 2.47. The number of hydrogen-bond donors (Lipinski definition) is 4. The molecule has 1 aromatic rings. The van der Waals surface area contributed by atoms with Crippen molar-refractivity contribution in [2.24, 2.45) is 39.1 Å². The Morgan fingerprint density at radius 2 is 1.85 bits per heavy atom. The first-order valence-corrected chi connectivity index (χ1v) is 18.4. The minimum atomic E-state index is -0.708. The number of ketones is 1. The maximum atomic E-state index is 13.8. The SMILES string of the molecule is CC1CC[C@@]23CCC(=O)[C@H]2[C@]1(C)[C@H](OC(=O)CSc1ccc(CN=[N+]=N)cc1)C[C@](C)(CNCCCNC(=O)OC(C)(C)C)[C@@H](O)[C@@H]3C. The second kappa shape index (κ2) is 15.4. The smallest absolute Gasteiger partial charge is 0.407 e. The molecule has 0 spiro atoms. The van der Waals surface area contributed by atoms with Crippen LogP contribution in [0.1, 0.15) is 92.6 Å². The van der Waals surface area contributed by atoms with E-state index in [0.717, 1.165) is 29.7 Å². The van der Waals surface area contributed by atoms with Gasteiger partial charge in [0.25, 0.3) is 0 Å². The predicted octanol–water partition coefficient (Wildman–Crippen LogP) is 6.05. The molecule has 48 heavy (non-hydrogen) atoms. The number of aliphatic hydroxyl groups is 1. The van der Waals surface area contributed by atoms with Crippen LogP contribution < -0.4 is 15.5 Å². The number of carbonyl (C=O) groups is 3. The van der Waals surface area contributed by atoms with E-state index in [1.807, 2.05) is 45.0 Å². The van der Waals surface area contributed by atoms with Crippen LogP contribution in [-0.2, 0) is 25.6 Å². The summed E-state index contributed by atoms with van der Waals surface area (Å²) in [4.78, 5) is 43.4. The molecule has 3 aliphatic carbocycles. The normalized spacial score (nSPS) is 33.1. The van der Waals surface area contributed by atoms with Gasteiger partial charge in [-0.25, -0.2) is 4.79 Å². The van der Waals surface area contributed by atoms with Crippen LogP contribution >= 0.6 is 11.8 Å². The third-order valence-corrected chi connectivity index (χ3v) is 12.5. The molecule has 2 bridgehead atoms. The summed E-state index contributed by atoms with van der Waals surface area (Å²) in [5, 5.41) is 22.2. The number of aliphatic hydroxyl groups excluding tert-OH is 1. The van der Waals surface area contributed by atoms with Crippen LogP contribution in [0.2, 0.25) is 0 Å². The fraction of sp³-hybridized carbons (Fsp3) is 0.750. The van der Waals surface area contributed by atoms with Crippen LogP contribution in [0.5, 0.6) is 0 Å². The van der Waals surface area contributed by atoms with E-state index in [9.17, 15) is 19.5 Å². The van der Waals surface area contributed by atoms with Gasteiger partial charge in [0, 0.05) is 41.2 Å². The average molecular weight is 687 g/mol. The Kier molecular flexibility index (Phi) is 12.2. The van der Waals surface area contributed by atoms with Crippen molar-refractivity contribution in [1.29, 1.82) is 5.53 Å². The second-order valence-electron chi connectivity index (χ2n) is 15.8. The van der Waals surface area contributed by atoms with E-state index in [1.54, 1.807) is 0 Å². The highest BCUT2D eigenvalue weighted by Crippen LogP contribution is 2.67. The second-order valence-corrected chi connectivity index (χ2v) is 16.8.